The quantitative estimate of drug-likeness (QED) is 0.726. The average Bonchev–Trinajstić information content (AvgIpc) is 3.08. The van der Waals surface area contributed by atoms with Crippen molar-refractivity contribution in [3.8, 4) is 5.75 Å². The van der Waals surface area contributed by atoms with Gasteiger partial charge in [-0.25, -0.2) is 4.98 Å². The smallest absolute Gasteiger partial charge is 0.265 e. The van der Waals surface area contributed by atoms with Crippen molar-refractivity contribution in [3.05, 3.63) is 57.3 Å². The second-order valence-electron chi connectivity index (χ2n) is 4.80. The van der Waals surface area contributed by atoms with Gasteiger partial charge in [-0.1, -0.05) is 12.1 Å². The van der Waals surface area contributed by atoms with Crippen molar-refractivity contribution in [1.82, 2.24) is 9.55 Å². The fourth-order valence-electron chi connectivity index (χ4n) is 2.40. The average molecular weight is 316 g/mol. The first kappa shape index (κ1) is 14.7. The van der Waals surface area contributed by atoms with Gasteiger partial charge in [0.25, 0.3) is 5.56 Å². The lowest BCUT2D eigenvalue weighted by molar-refractivity contribution is 0.0897. The molecule has 0 aliphatic heterocycles. The molecule has 3 aromatic rings. The molecule has 0 amide bonds. The largest absolute Gasteiger partial charge is 0.496 e. The summed E-state index contributed by atoms with van der Waals surface area (Å²) < 4.78 is 12.4. The van der Waals surface area contributed by atoms with Gasteiger partial charge in [0.15, 0.2) is 0 Å². The summed E-state index contributed by atoms with van der Waals surface area (Å²) in [5.41, 5.74) is 0.506. The zero-order chi connectivity index (χ0) is 15.5. The van der Waals surface area contributed by atoms with Crippen molar-refractivity contribution < 1.29 is 9.47 Å². The van der Waals surface area contributed by atoms with Crippen LogP contribution in [0.1, 0.15) is 11.0 Å². The number of hydrogen-bond acceptors (Lipinski definition) is 5. The molecule has 0 aliphatic rings. The minimum Gasteiger partial charge on any atom is -0.496 e. The van der Waals surface area contributed by atoms with E-state index < -0.39 is 0 Å². The zero-order valence-electron chi connectivity index (χ0n) is 12.4. The number of rotatable bonds is 5. The Morgan fingerprint density at radius 2 is 2.14 bits per heavy atom. The summed E-state index contributed by atoms with van der Waals surface area (Å²) >= 11 is 1.61. The van der Waals surface area contributed by atoms with E-state index in [9.17, 15) is 4.79 Å². The summed E-state index contributed by atoms with van der Waals surface area (Å²) in [5.74, 6) is 0.537. The maximum absolute atomic E-state index is 12.7. The first-order valence-electron chi connectivity index (χ1n) is 6.83. The van der Waals surface area contributed by atoms with E-state index in [-0.39, 0.29) is 11.7 Å². The third kappa shape index (κ3) is 2.63. The van der Waals surface area contributed by atoms with Gasteiger partial charge in [-0.3, -0.25) is 9.36 Å². The standard InChI is InChI=1S/C16H16N2O3S/c1-20-12-6-3-5-11-15(12)16(19)18(10-17-11)9-13(21-2)14-7-4-8-22-14/h3-8,10,13H,9H2,1-2H3/t13-/m1/s1. The molecule has 0 bridgehead atoms. The van der Waals surface area contributed by atoms with Gasteiger partial charge in [-0.15, -0.1) is 11.3 Å². The summed E-state index contributed by atoms with van der Waals surface area (Å²) in [4.78, 5) is 18.1. The van der Waals surface area contributed by atoms with E-state index in [0.29, 0.717) is 23.2 Å². The molecule has 0 radical (unpaired) electrons. The highest BCUT2D eigenvalue weighted by Crippen LogP contribution is 2.24. The van der Waals surface area contributed by atoms with Crippen LogP contribution in [0.2, 0.25) is 0 Å². The number of nitrogens with zero attached hydrogens (tertiary/aromatic N) is 2. The van der Waals surface area contributed by atoms with Crippen molar-refractivity contribution in [3.63, 3.8) is 0 Å². The van der Waals surface area contributed by atoms with Crippen LogP contribution in [-0.4, -0.2) is 23.8 Å². The molecule has 114 valence electrons. The Labute approximate surface area is 131 Å². The molecule has 0 saturated carbocycles. The van der Waals surface area contributed by atoms with Crippen LogP contribution in [0, 0.1) is 0 Å². The van der Waals surface area contributed by atoms with Crippen LogP contribution in [-0.2, 0) is 11.3 Å². The summed E-state index contributed by atoms with van der Waals surface area (Å²) in [6, 6.07) is 9.36. The third-order valence-corrected chi connectivity index (χ3v) is 4.51. The van der Waals surface area contributed by atoms with Crippen molar-refractivity contribution >= 4 is 22.2 Å². The van der Waals surface area contributed by atoms with Gasteiger partial charge in [0.2, 0.25) is 0 Å². The summed E-state index contributed by atoms with van der Waals surface area (Å²) in [7, 11) is 3.19. The first-order chi connectivity index (χ1) is 10.7. The van der Waals surface area contributed by atoms with E-state index in [2.05, 4.69) is 4.98 Å². The Hall–Kier alpha value is -2.18. The number of ether oxygens (including phenoxy) is 2. The normalized spacial score (nSPS) is 12.5. The molecule has 0 fully saturated rings. The maximum atomic E-state index is 12.7. The summed E-state index contributed by atoms with van der Waals surface area (Å²) in [6.45, 7) is 0.414. The molecule has 1 atom stereocenters. The zero-order valence-corrected chi connectivity index (χ0v) is 13.2. The van der Waals surface area contributed by atoms with Crippen LogP contribution >= 0.6 is 11.3 Å². The van der Waals surface area contributed by atoms with Crippen LogP contribution in [0.3, 0.4) is 0 Å². The minimum absolute atomic E-state index is 0.124. The molecule has 6 heteroatoms. The van der Waals surface area contributed by atoms with Crippen molar-refractivity contribution in [1.29, 1.82) is 0 Å². The fraction of sp³-hybridized carbons (Fsp3) is 0.250. The molecule has 0 aliphatic carbocycles. The second-order valence-corrected chi connectivity index (χ2v) is 5.78. The van der Waals surface area contributed by atoms with E-state index in [1.165, 1.54) is 0 Å². The van der Waals surface area contributed by atoms with Gasteiger partial charge in [-0.2, -0.15) is 0 Å². The predicted molar refractivity (Wildman–Crippen MR) is 86.6 cm³/mol. The van der Waals surface area contributed by atoms with Crippen LogP contribution in [0.15, 0.2) is 46.8 Å². The molecule has 3 rings (SSSR count). The van der Waals surface area contributed by atoms with E-state index in [4.69, 9.17) is 9.47 Å². The maximum Gasteiger partial charge on any atom is 0.265 e. The number of methoxy groups -OCH3 is 2. The van der Waals surface area contributed by atoms with Gasteiger partial charge in [0, 0.05) is 12.0 Å². The lowest BCUT2D eigenvalue weighted by Gasteiger charge is -2.15. The van der Waals surface area contributed by atoms with Crippen LogP contribution in [0.5, 0.6) is 5.75 Å². The molecule has 2 aromatic heterocycles. The van der Waals surface area contributed by atoms with Gasteiger partial charge in [0.1, 0.15) is 17.2 Å². The topological polar surface area (TPSA) is 53.4 Å². The van der Waals surface area contributed by atoms with Gasteiger partial charge < -0.3 is 9.47 Å². The van der Waals surface area contributed by atoms with Crippen molar-refractivity contribution in [2.45, 2.75) is 12.6 Å². The Morgan fingerprint density at radius 1 is 1.27 bits per heavy atom. The number of hydrogen-bond donors (Lipinski definition) is 0. The van der Waals surface area contributed by atoms with E-state index in [1.807, 2.05) is 23.6 Å². The third-order valence-electron chi connectivity index (χ3n) is 3.54. The molecule has 0 saturated heterocycles. The molecular formula is C16H16N2O3S. The fourth-order valence-corrected chi connectivity index (χ4v) is 3.20. The monoisotopic (exact) mass is 316 g/mol. The van der Waals surface area contributed by atoms with Crippen LogP contribution < -0.4 is 10.3 Å². The van der Waals surface area contributed by atoms with E-state index >= 15 is 0 Å². The van der Waals surface area contributed by atoms with E-state index in [0.717, 1.165) is 4.88 Å². The minimum atomic E-state index is -0.174. The summed E-state index contributed by atoms with van der Waals surface area (Å²) in [5, 5.41) is 2.49. The van der Waals surface area contributed by atoms with Gasteiger partial charge in [-0.05, 0) is 23.6 Å². The Morgan fingerprint density at radius 3 is 2.82 bits per heavy atom. The Bertz CT molecular complexity index is 827. The molecule has 0 N–H and O–H groups in total. The Kier molecular flexibility index (Phi) is 4.22. The van der Waals surface area contributed by atoms with Crippen molar-refractivity contribution in [2.24, 2.45) is 0 Å². The molecule has 2 heterocycles. The predicted octanol–water partition coefficient (Wildman–Crippen LogP) is 2.85. The highest BCUT2D eigenvalue weighted by molar-refractivity contribution is 7.10. The highest BCUT2D eigenvalue weighted by Gasteiger charge is 2.15. The number of thiophene rings is 1. The van der Waals surface area contributed by atoms with Crippen molar-refractivity contribution in [2.75, 3.05) is 14.2 Å². The molecule has 5 nitrogen and oxygen atoms in total. The number of benzene rings is 1. The van der Waals surface area contributed by atoms with Crippen LogP contribution in [0.4, 0.5) is 0 Å². The molecular weight excluding hydrogens is 300 g/mol. The van der Waals surface area contributed by atoms with Gasteiger partial charge in [0.05, 0.1) is 25.5 Å². The molecule has 0 unspecified atom stereocenters. The lowest BCUT2D eigenvalue weighted by atomic mass is 10.2. The lowest BCUT2D eigenvalue weighted by Crippen LogP contribution is -2.24. The van der Waals surface area contributed by atoms with E-state index in [1.54, 1.807) is 48.6 Å². The highest BCUT2D eigenvalue weighted by atomic mass is 32.1. The SMILES string of the molecule is COc1cccc2ncn(C[C@@H](OC)c3cccs3)c(=O)c12. The number of fused-ring (bicyclic) bond motifs is 1. The summed E-state index contributed by atoms with van der Waals surface area (Å²) in [6.07, 6.45) is 1.38. The van der Waals surface area contributed by atoms with Crippen LogP contribution in [0.25, 0.3) is 10.9 Å². The molecule has 0 spiro atoms. The second kappa shape index (κ2) is 6.29. The van der Waals surface area contributed by atoms with Gasteiger partial charge >= 0.3 is 0 Å². The molecule has 22 heavy (non-hydrogen) atoms. The Balaban J connectivity index is 2.04. The first-order valence-corrected chi connectivity index (χ1v) is 7.71. The number of aromatic nitrogens is 2. The molecule has 1 aromatic carbocycles.